The fourth-order valence-electron chi connectivity index (χ4n) is 3.68. The first-order valence-corrected chi connectivity index (χ1v) is 10.5. The van der Waals surface area contributed by atoms with Crippen molar-refractivity contribution < 1.29 is 14.3 Å². The normalized spacial score (nSPS) is 13.8. The number of ether oxygens (including phenoxy) is 2. The zero-order valence-electron chi connectivity index (χ0n) is 17.5. The maximum absolute atomic E-state index is 13.0. The van der Waals surface area contributed by atoms with Crippen molar-refractivity contribution in [1.82, 2.24) is 14.4 Å². The van der Waals surface area contributed by atoms with Crippen LogP contribution in [0.15, 0.2) is 73.2 Å². The van der Waals surface area contributed by atoms with Crippen LogP contribution in [0.25, 0.3) is 5.65 Å². The van der Waals surface area contributed by atoms with Gasteiger partial charge in [-0.05, 0) is 36.4 Å². The second kappa shape index (κ2) is 9.07. The van der Waals surface area contributed by atoms with Crippen LogP contribution in [0.2, 0.25) is 0 Å². The summed E-state index contributed by atoms with van der Waals surface area (Å²) in [5.74, 6) is 1.11. The van der Waals surface area contributed by atoms with Crippen molar-refractivity contribution in [2.45, 2.75) is 6.61 Å². The molecule has 1 fully saturated rings. The smallest absolute Gasteiger partial charge is 0.259 e. The van der Waals surface area contributed by atoms with Crippen LogP contribution in [-0.2, 0) is 11.3 Å². The molecule has 1 N–H and O–H groups in total. The molecule has 162 valence electrons. The molecule has 0 radical (unpaired) electrons. The largest absolute Gasteiger partial charge is 0.487 e. The average Bonchev–Trinajstić information content (AvgIpc) is 3.27. The van der Waals surface area contributed by atoms with Gasteiger partial charge in [-0.3, -0.25) is 4.79 Å². The van der Waals surface area contributed by atoms with Gasteiger partial charge in [0.1, 0.15) is 23.8 Å². The SMILES string of the molecule is O=C(Nc1cccc(OCc2cn3ccccc3n2)c1)c1cccnc1N1CCOCC1. The summed E-state index contributed by atoms with van der Waals surface area (Å²) in [7, 11) is 0. The second-order valence-corrected chi connectivity index (χ2v) is 7.44. The number of benzene rings is 1. The van der Waals surface area contributed by atoms with E-state index in [2.05, 4.69) is 20.2 Å². The van der Waals surface area contributed by atoms with Gasteiger partial charge in [0.25, 0.3) is 5.91 Å². The van der Waals surface area contributed by atoms with Gasteiger partial charge in [-0.25, -0.2) is 9.97 Å². The van der Waals surface area contributed by atoms with Crippen LogP contribution in [0, 0.1) is 0 Å². The van der Waals surface area contributed by atoms with Gasteiger partial charge in [-0.15, -0.1) is 0 Å². The fraction of sp³-hybridized carbons (Fsp3) is 0.208. The maximum Gasteiger partial charge on any atom is 0.259 e. The average molecular weight is 429 g/mol. The van der Waals surface area contributed by atoms with E-state index >= 15 is 0 Å². The molecule has 5 rings (SSSR count). The second-order valence-electron chi connectivity index (χ2n) is 7.44. The lowest BCUT2D eigenvalue weighted by molar-refractivity contribution is 0.102. The number of hydrogen-bond acceptors (Lipinski definition) is 6. The van der Waals surface area contributed by atoms with Gasteiger partial charge in [0.2, 0.25) is 0 Å². The number of morpholine rings is 1. The van der Waals surface area contributed by atoms with Gasteiger partial charge in [0.15, 0.2) is 0 Å². The molecule has 1 saturated heterocycles. The first kappa shape index (κ1) is 20.0. The lowest BCUT2D eigenvalue weighted by atomic mass is 10.2. The van der Waals surface area contributed by atoms with Crippen molar-refractivity contribution in [3.63, 3.8) is 0 Å². The number of nitrogens with zero attached hydrogens (tertiary/aromatic N) is 4. The molecule has 1 aromatic carbocycles. The first-order valence-electron chi connectivity index (χ1n) is 10.5. The highest BCUT2D eigenvalue weighted by atomic mass is 16.5. The van der Waals surface area contributed by atoms with Crippen LogP contribution in [0.1, 0.15) is 16.1 Å². The molecule has 4 aromatic rings. The van der Waals surface area contributed by atoms with E-state index in [-0.39, 0.29) is 5.91 Å². The Morgan fingerprint density at radius 3 is 2.88 bits per heavy atom. The topological polar surface area (TPSA) is 81.0 Å². The molecule has 32 heavy (non-hydrogen) atoms. The summed E-state index contributed by atoms with van der Waals surface area (Å²) < 4.78 is 13.3. The van der Waals surface area contributed by atoms with Gasteiger partial charge in [0.05, 0.1) is 24.5 Å². The van der Waals surface area contributed by atoms with Gasteiger partial charge in [-0.2, -0.15) is 0 Å². The van der Waals surface area contributed by atoms with Crippen LogP contribution >= 0.6 is 0 Å². The van der Waals surface area contributed by atoms with E-state index in [9.17, 15) is 4.79 Å². The summed E-state index contributed by atoms with van der Waals surface area (Å²) >= 11 is 0. The number of hydrogen-bond donors (Lipinski definition) is 1. The molecule has 8 nitrogen and oxygen atoms in total. The molecular formula is C24H23N5O3. The molecule has 0 saturated carbocycles. The molecule has 0 bridgehead atoms. The molecule has 4 heterocycles. The summed E-state index contributed by atoms with van der Waals surface area (Å²) in [6.45, 7) is 3.02. The third kappa shape index (κ3) is 4.40. The maximum atomic E-state index is 13.0. The summed E-state index contributed by atoms with van der Waals surface area (Å²) in [4.78, 5) is 24.1. The highest BCUT2D eigenvalue weighted by molar-refractivity contribution is 6.07. The Morgan fingerprint density at radius 2 is 2.00 bits per heavy atom. The van der Waals surface area contributed by atoms with Crippen molar-refractivity contribution in [3.8, 4) is 5.75 Å². The summed E-state index contributed by atoms with van der Waals surface area (Å²) in [6, 6.07) is 16.8. The minimum Gasteiger partial charge on any atom is -0.487 e. The van der Waals surface area contributed by atoms with Crippen LogP contribution < -0.4 is 15.0 Å². The van der Waals surface area contributed by atoms with E-state index in [0.717, 1.165) is 11.3 Å². The molecular weight excluding hydrogens is 406 g/mol. The molecule has 0 atom stereocenters. The molecule has 3 aromatic heterocycles. The van der Waals surface area contributed by atoms with Gasteiger partial charge in [0, 0.05) is 43.4 Å². The zero-order valence-corrected chi connectivity index (χ0v) is 17.5. The molecule has 0 aliphatic carbocycles. The van der Waals surface area contributed by atoms with Crippen LogP contribution in [0.5, 0.6) is 5.75 Å². The first-order chi connectivity index (χ1) is 15.8. The third-order valence-electron chi connectivity index (χ3n) is 5.23. The molecule has 0 unspecified atom stereocenters. The number of imidazole rings is 1. The van der Waals surface area contributed by atoms with Gasteiger partial charge < -0.3 is 24.1 Å². The van der Waals surface area contributed by atoms with Crippen molar-refractivity contribution in [3.05, 3.63) is 84.4 Å². The van der Waals surface area contributed by atoms with E-state index in [1.165, 1.54) is 0 Å². The van der Waals surface area contributed by atoms with Gasteiger partial charge in [-0.1, -0.05) is 12.1 Å². The molecule has 0 spiro atoms. The van der Waals surface area contributed by atoms with E-state index in [1.807, 2.05) is 53.2 Å². The Morgan fingerprint density at radius 1 is 1.09 bits per heavy atom. The fourth-order valence-corrected chi connectivity index (χ4v) is 3.68. The summed E-state index contributed by atoms with van der Waals surface area (Å²) in [5, 5.41) is 2.96. The van der Waals surface area contributed by atoms with E-state index < -0.39 is 0 Å². The van der Waals surface area contributed by atoms with Crippen molar-refractivity contribution >= 4 is 23.1 Å². The standard InChI is InChI=1S/C24H23N5O3/c30-24(21-7-4-9-25-23(21)28-11-13-31-14-12-28)27-18-5-3-6-20(15-18)32-17-19-16-29-10-2-1-8-22(29)26-19/h1-10,15-16H,11-14,17H2,(H,27,30). The lowest BCUT2D eigenvalue weighted by Crippen LogP contribution is -2.38. The third-order valence-corrected chi connectivity index (χ3v) is 5.23. The van der Waals surface area contributed by atoms with Crippen molar-refractivity contribution in [1.29, 1.82) is 0 Å². The van der Waals surface area contributed by atoms with Crippen LogP contribution in [-0.4, -0.2) is 46.6 Å². The number of nitrogens with one attached hydrogen (secondary N) is 1. The van der Waals surface area contributed by atoms with E-state index in [0.29, 0.717) is 55.7 Å². The highest BCUT2D eigenvalue weighted by Crippen LogP contribution is 2.22. The minimum absolute atomic E-state index is 0.211. The highest BCUT2D eigenvalue weighted by Gasteiger charge is 2.20. The minimum atomic E-state index is -0.211. The number of fused-ring (bicyclic) bond motifs is 1. The Balaban J connectivity index is 1.27. The zero-order chi connectivity index (χ0) is 21.8. The summed E-state index contributed by atoms with van der Waals surface area (Å²) in [5.41, 5.74) is 2.89. The number of anilines is 2. The van der Waals surface area contributed by atoms with Crippen molar-refractivity contribution in [2.24, 2.45) is 0 Å². The predicted octanol–water partition coefficient (Wildman–Crippen LogP) is 3.40. The Bertz CT molecular complexity index is 1200. The number of carbonyl (C=O) groups is 1. The molecule has 1 aliphatic rings. The Labute approximate surface area is 185 Å². The number of rotatable bonds is 6. The quantitative estimate of drug-likeness (QED) is 0.506. The molecule has 1 amide bonds. The summed E-state index contributed by atoms with van der Waals surface area (Å²) in [6.07, 6.45) is 5.59. The van der Waals surface area contributed by atoms with E-state index in [4.69, 9.17) is 9.47 Å². The van der Waals surface area contributed by atoms with E-state index in [1.54, 1.807) is 24.4 Å². The Kier molecular flexibility index (Phi) is 5.67. The molecule has 1 aliphatic heterocycles. The number of pyridine rings is 2. The number of carbonyl (C=O) groups excluding carboxylic acids is 1. The molecule has 8 heteroatoms. The number of aromatic nitrogens is 3. The van der Waals surface area contributed by atoms with Crippen molar-refractivity contribution in [2.75, 3.05) is 36.5 Å². The predicted molar refractivity (Wildman–Crippen MR) is 121 cm³/mol. The van der Waals surface area contributed by atoms with Gasteiger partial charge >= 0.3 is 0 Å². The van der Waals surface area contributed by atoms with Crippen LogP contribution in [0.3, 0.4) is 0 Å². The number of amides is 1. The Hall–Kier alpha value is -3.91. The monoisotopic (exact) mass is 429 g/mol. The van der Waals surface area contributed by atoms with Crippen LogP contribution in [0.4, 0.5) is 11.5 Å². The lowest BCUT2D eigenvalue weighted by Gasteiger charge is -2.29.